The highest BCUT2D eigenvalue weighted by molar-refractivity contribution is 6.62. The molecule has 1 fully saturated rings. The van der Waals surface area contributed by atoms with E-state index in [4.69, 9.17) is 25.6 Å². The summed E-state index contributed by atoms with van der Waals surface area (Å²) in [4.78, 5) is 0. The minimum Gasteiger partial charge on any atom is -0.457 e. The van der Waals surface area contributed by atoms with Crippen LogP contribution in [-0.4, -0.2) is 18.3 Å². The number of hydrogen-bond donors (Lipinski definition) is 0. The van der Waals surface area contributed by atoms with E-state index < -0.39 is 7.12 Å². The van der Waals surface area contributed by atoms with Crippen LogP contribution in [0.25, 0.3) is 0 Å². The number of hydrogen-bond acceptors (Lipinski definition) is 3. The number of halogens is 1. The van der Waals surface area contributed by atoms with Crippen LogP contribution in [0.1, 0.15) is 52.7 Å². The standard InChI is InChI=1S/C21H24BClO3/c1-19(2)15-9-7-13(22-25-20(3,4)21(5,6)26-22)11-17(15)24-18-12-14(23)8-10-16(18)19/h7-12H,1-6H3. The Morgan fingerprint density at radius 1 is 0.769 bits per heavy atom. The van der Waals surface area contributed by atoms with E-state index in [-0.39, 0.29) is 16.6 Å². The van der Waals surface area contributed by atoms with E-state index in [1.165, 1.54) is 0 Å². The predicted molar refractivity (Wildman–Crippen MR) is 106 cm³/mol. The number of rotatable bonds is 1. The molecule has 5 heteroatoms. The molecule has 0 spiro atoms. The molecule has 26 heavy (non-hydrogen) atoms. The zero-order chi connectivity index (χ0) is 18.9. The highest BCUT2D eigenvalue weighted by Crippen LogP contribution is 2.48. The summed E-state index contributed by atoms with van der Waals surface area (Å²) in [6.07, 6.45) is 0. The van der Waals surface area contributed by atoms with Crippen molar-refractivity contribution in [1.29, 1.82) is 0 Å². The molecule has 1 saturated heterocycles. The van der Waals surface area contributed by atoms with Gasteiger partial charge in [0.05, 0.1) is 11.2 Å². The normalized spacial score (nSPS) is 21.7. The third-order valence-electron chi connectivity index (χ3n) is 6.04. The smallest absolute Gasteiger partial charge is 0.457 e. The number of ether oxygens (including phenoxy) is 1. The molecule has 2 aromatic rings. The first kappa shape index (κ1) is 17.9. The Kier molecular flexibility index (Phi) is 3.79. The molecule has 2 heterocycles. The van der Waals surface area contributed by atoms with Crippen molar-refractivity contribution in [2.24, 2.45) is 0 Å². The Bertz CT molecular complexity index is 873. The molecule has 0 bridgehead atoms. The molecule has 0 aliphatic carbocycles. The van der Waals surface area contributed by atoms with Gasteiger partial charge < -0.3 is 14.0 Å². The molecule has 2 aliphatic rings. The molecule has 0 unspecified atom stereocenters. The molecule has 4 rings (SSSR count). The summed E-state index contributed by atoms with van der Waals surface area (Å²) in [5.41, 5.74) is 2.35. The van der Waals surface area contributed by atoms with Crippen LogP contribution in [-0.2, 0) is 14.7 Å². The Hall–Kier alpha value is -1.49. The van der Waals surface area contributed by atoms with Crippen LogP contribution in [0.4, 0.5) is 0 Å². The SMILES string of the molecule is CC1(C)c2ccc(Cl)cc2Oc2cc(B3OC(C)(C)C(C)(C)O3)ccc21. The second-order valence-electron chi connectivity index (χ2n) is 8.71. The molecular formula is C21H24BClO3. The van der Waals surface area contributed by atoms with Crippen molar-refractivity contribution in [3.05, 3.63) is 52.5 Å². The molecule has 2 aromatic carbocycles. The van der Waals surface area contributed by atoms with E-state index >= 15 is 0 Å². The minimum absolute atomic E-state index is 0.165. The zero-order valence-electron chi connectivity index (χ0n) is 16.1. The van der Waals surface area contributed by atoms with Gasteiger partial charge in [-0.15, -0.1) is 0 Å². The lowest BCUT2D eigenvalue weighted by atomic mass is 9.72. The Morgan fingerprint density at radius 3 is 1.92 bits per heavy atom. The van der Waals surface area contributed by atoms with E-state index in [0.29, 0.717) is 5.02 Å². The zero-order valence-corrected chi connectivity index (χ0v) is 16.9. The van der Waals surface area contributed by atoms with Gasteiger partial charge in [-0.2, -0.15) is 0 Å². The van der Waals surface area contributed by atoms with Crippen LogP contribution in [0.5, 0.6) is 11.5 Å². The lowest BCUT2D eigenvalue weighted by molar-refractivity contribution is 0.00578. The monoisotopic (exact) mass is 370 g/mol. The summed E-state index contributed by atoms with van der Waals surface area (Å²) in [5, 5.41) is 0.671. The van der Waals surface area contributed by atoms with Crippen molar-refractivity contribution in [1.82, 2.24) is 0 Å². The van der Waals surface area contributed by atoms with Crippen LogP contribution >= 0.6 is 11.6 Å². The van der Waals surface area contributed by atoms with Gasteiger partial charge in [0.1, 0.15) is 11.5 Å². The summed E-state index contributed by atoms with van der Waals surface area (Å²) < 4.78 is 18.6. The molecule has 0 N–H and O–H groups in total. The van der Waals surface area contributed by atoms with Gasteiger partial charge in [-0.05, 0) is 51.4 Å². The predicted octanol–water partition coefficient (Wildman–Crippen LogP) is 5.07. The maximum absolute atomic E-state index is 6.20. The first-order valence-electron chi connectivity index (χ1n) is 8.99. The highest BCUT2D eigenvalue weighted by atomic mass is 35.5. The summed E-state index contributed by atoms with van der Waals surface area (Å²) in [5.74, 6) is 1.64. The van der Waals surface area contributed by atoms with Crippen molar-refractivity contribution in [2.45, 2.75) is 58.2 Å². The quantitative estimate of drug-likeness (QED) is 0.656. The maximum atomic E-state index is 6.20. The van der Waals surface area contributed by atoms with Gasteiger partial charge >= 0.3 is 7.12 Å². The third-order valence-corrected chi connectivity index (χ3v) is 6.28. The fraction of sp³-hybridized carbons (Fsp3) is 0.429. The van der Waals surface area contributed by atoms with E-state index in [1.54, 1.807) is 0 Å². The first-order valence-corrected chi connectivity index (χ1v) is 9.37. The topological polar surface area (TPSA) is 27.7 Å². The van der Waals surface area contributed by atoms with E-state index in [2.05, 4.69) is 53.7 Å². The average molecular weight is 371 g/mol. The highest BCUT2D eigenvalue weighted by Gasteiger charge is 2.52. The van der Waals surface area contributed by atoms with Crippen LogP contribution in [0.3, 0.4) is 0 Å². The third kappa shape index (κ3) is 2.58. The van der Waals surface area contributed by atoms with Crippen molar-refractivity contribution in [2.75, 3.05) is 0 Å². The molecule has 0 radical (unpaired) electrons. The largest absolute Gasteiger partial charge is 0.494 e. The first-order chi connectivity index (χ1) is 12.0. The Balaban J connectivity index is 1.74. The van der Waals surface area contributed by atoms with Gasteiger partial charge in [-0.1, -0.05) is 43.6 Å². The van der Waals surface area contributed by atoms with Gasteiger partial charge in [0.25, 0.3) is 0 Å². The molecule has 0 atom stereocenters. The van der Waals surface area contributed by atoms with Crippen LogP contribution < -0.4 is 10.2 Å². The second-order valence-corrected chi connectivity index (χ2v) is 9.15. The Morgan fingerprint density at radius 2 is 1.31 bits per heavy atom. The molecule has 0 saturated carbocycles. The van der Waals surface area contributed by atoms with E-state index in [9.17, 15) is 0 Å². The average Bonchev–Trinajstić information content (AvgIpc) is 2.74. The van der Waals surface area contributed by atoms with Gasteiger partial charge in [0.2, 0.25) is 0 Å². The van der Waals surface area contributed by atoms with Gasteiger partial charge in [-0.3, -0.25) is 0 Å². The summed E-state index contributed by atoms with van der Waals surface area (Å²) in [7, 11) is -0.405. The number of benzene rings is 2. The molecular weight excluding hydrogens is 346 g/mol. The molecule has 136 valence electrons. The fourth-order valence-corrected chi connectivity index (χ4v) is 3.79. The van der Waals surface area contributed by atoms with Crippen molar-refractivity contribution < 1.29 is 14.0 Å². The van der Waals surface area contributed by atoms with E-state index in [1.807, 2.05) is 24.3 Å². The van der Waals surface area contributed by atoms with Crippen molar-refractivity contribution >= 4 is 24.2 Å². The summed E-state index contributed by atoms with van der Waals surface area (Å²) in [6.45, 7) is 12.6. The summed E-state index contributed by atoms with van der Waals surface area (Å²) >= 11 is 6.17. The van der Waals surface area contributed by atoms with Gasteiger partial charge in [0.15, 0.2) is 0 Å². The minimum atomic E-state index is -0.405. The lowest BCUT2D eigenvalue weighted by Crippen LogP contribution is -2.41. The van der Waals surface area contributed by atoms with Gasteiger partial charge in [-0.25, -0.2) is 0 Å². The lowest BCUT2D eigenvalue weighted by Gasteiger charge is -2.34. The van der Waals surface area contributed by atoms with Crippen LogP contribution in [0.2, 0.25) is 5.02 Å². The second kappa shape index (κ2) is 5.51. The fourth-order valence-electron chi connectivity index (χ4n) is 3.63. The maximum Gasteiger partial charge on any atom is 0.494 e. The van der Waals surface area contributed by atoms with Crippen molar-refractivity contribution in [3.63, 3.8) is 0 Å². The van der Waals surface area contributed by atoms with Gasteiger partial charge in [0, 0.05) is 21.6 Å². The van der Waals surface area contributed by atoms with Crippen LogP contribution in [0, 0.1) is 0 Å². The van der Waals surface area contributed by atoms with Crippen molar-refractivity contribution in [3.8, 4) is 11.5 Å². The number of fused-ring (bicyclic) bond motifs is 2. The van der Waals surface area contributed by atoms with E-state index in [0.717, 1.165) is 28.1 Å². The molecule has 0 aromatic heterocycles. The molecule has 3 nitrogen and oxygen atoms in total. The van der Waals surface area contributed by atoms with Crippen LogP contribution in [0.15, 0.2) is 36.4 Å². The Labute approximate surface area is 160 Å². The molecule has 2 aliphatic heterocycles. The molecule has 0 amide bonds. The summed E-state index contributed by atoms with van der Waals surface area (Å²) in [6, 6.07) is 12.1.